The molecule has 1 saturated heterocycles. The van der Waals surface area contributed by atoms with Crippen LogP contribution in [0.1, 0.15) is 36.8 Å². The van der Waals surface area contributed by atoms with E-state index in [-0.39, 0.29) is 31.3 Å². The van der Waals surface area contributed by atoms with Gasteiger partial charge in [-0.25, -0.2) is 18.0 Å². The van der Waals surface area contributed by atoms with Gasteiger partial charge in [-0.2, -0.15) is 0 Å². The van der Waals surface area contributed by atoms with Crippen molar-refractivity contribution >= 4 is 11.6 Å². The van der Waals surface area contributed by atoms with Crippen LogP contribution >= 0.6 is 0 Å². The normalized spacial score (nSPS) is 24.6. The molecule has 36 heavy (non-hydrogen) atoms. The number of hydrogen-bond acceptors (Lipinski definition) is 3. The van der Waals surface area contributed by atoms with Gasteiger partial charge in [0.15, 0.2) is 0 Å². The second-order valence-electron chi connectivity index (χ2n) is 9.88. The molecule has 8 heteroatoms. The third-order valence-corrected chi connectivity index (χ3v) is 7.48. The molecule has 3 atom stereocenters. The van der Waals surface area contributed by atoms with Crippen molar-refractivity contribution < 1.29 is 23.1 Å². The predicted molar refractivity (Wildman–Crippen MR) is 134 cm³/mol. The minimum atomic E-state index is -1.19. The third kappa shape index (κ3) is 5.15. The van der Waals surface area contributed by atoms with Gasteiger partial charge in [-0.3, -0.25) is 0 Å². The number of carbonyl (C=O) groups is 1. The van der Waals surface area contributed by atoms with Crippen LogP contribution in [0.25, 0.3) is 5.57 Å². The second-order valence-corrected chi connectivity index (χ2v) is 9.88. The number of nitrogens with zero attached hydrogens (tertiary/aromatic N) is 3. The van der Waals surface area contributed by atoms with Crippen molar-refractivity contribution in [1.29, 1.82) is 0 Å². The molecule has 0 bridgehead atoms. The van der Waals surface area contributed by atoms with E-state index in [0.29, 0.717) is 37.8 Å². The molecule has 0 radical (unpaired) electrons. The largest absolute Gasteiger partial charge is 0.396 e. The third-order valence-electron chi connectivity index (χ3n) is 7.48. The van der Waals surface area contributed by atoms with Crippen LogP contribution in [-0.2, 0) is 5.54 Å². The molecule has 0 saturated carbocycles. The summed E-state index contributed by atoms with van der Waals surface area (Å²) in [6, 6.07) is 11.8. The number of aliphatic hydroxyl groups excluding tert-OH is 1. The highest BCUT2D eigenvalue weighted by Crippen LogP contribution is 2.45. The zero-order chi connectivity index (χ0) is 25.9. The second kappa shape index (κ2) is 11.0. The quantitative estimate of drug-likeness (QED) is 0.554. The van der Waals surface area contributed by atoms with Crippen molar-refractivity contribution in [2.24, 2.45) is 0 Å². The van der Waals surface area contributed by atoms with Gasteiger partial charge in [0.1, 0.15) is 17.8 Å². The van der Waals surface area contributed by atoms with Gasteiger partial charge in [0.2, 0.25) is 0 Å². The summed E-state index contributed by atoms with van der Waals surface area (Å²) in [6.45, 7) is 0.996. The standard InChI is InChI=1S/C28H34F3N3O2/c1-32-14-12-26(25(31)19-32)33(2)27(36)34-18-20(23-16-22(29)10-11-24(23)30)17-28(34,13-6-7-15-35)21-8-4-3-5-9-21/h3-5,8-11,16-17,25-26,35H,6-7,12-15,18-19H2,1-2H3/t25?,26?,28-/m0/s1. The lowest BCUT2D eigenvalue weighted by molar-refractivity contribution is 0.0504. The Bertz CT molecular complexity index is 1100. The summed E-state index contributed by atoms with van der Waals surface area (Å²) in [7, 11) is 3.48. The van der Waals surface area contributed by atoms with E-state index in [9.17, 15) is 18.7 Å². The van der Waals surface area contributed by atoms with Crippen molar-refractivity contribution in [3.63, 3.8) is 0 Å². The molecule has 0 spiro atoms. The van der Waals surface area contributed by atoms with Gasteiger partial charge in [0.05, 0.1) is 11.6 Å². The predicted octanol–water partition coefficient (Wildman–Crippen LogP) is 4.82. The van der Waals surface area contributed by atoms with Crippen LogP contribution in [0.15, 0.2) is 54.6 Å². The monoisotopic (exact) mass is 501 g/mol. The molecule has 2 aromatic rings. The van der Waals surface area contributed by atoms with Crippen LogP contribution in [0.3, 0.4) is 0 Å². The number of likely N-dealkylation sites (tertiary alicyclic amines) is 1. The lowest BCUT2D eigenvalue weighted by Crippen LogP contribution is -2.57. The maximum absolute atomic E-state index is 15.0. The maximum Gasteiger partial charge on any atom is 0.321 e. The molecule has 0 aromatic heterocycles. The summed E-state index contributed by atoms with van der Waals surface area (Å²) in [5.74, 6) is -1.13. The number of urea groups is 1. The highest BCUT2D eigenvalue weighted by molar-refractivity contribution is 5.83. The SMILES string of the molecule is CN1CCC(N(C)C(=O)N2CC(c3cc(F)ccc3F)=C[C@@]2(CCCCO)c2ccccc2)C(F)C1. The lowest BCUT2D eigenvalue weighted by Gasteiger charge is -2.44. The van der Waals surface area contributed by atoms with E-state index in [0.717, 1.165) is 23.8 Å². The molecule has 2 unspecified atom stereocenters. The van der Waals surface area contributed by atoms with Crippen LogP contribution in [0.4, 0.5) is 18.0 Å². The molecule has 1 fully saturated rings. The Morgan fingerprint density at radius 1 is 1.17 bits per heavy atom. The van der Waals surface area contributed by atoms with E-state index in [1.165, 1.54) is 4.90 Å². The van der Waals surface area contributed by atoms with Gasteiger partial charge >= 0.3 is 6.03 Å². The number of unbranched alkanes of at least 4 members (excludes halogenated alkanes) is 1. The number of amides is 2. The number of alkyl halides is 1. The van der Waals surface area contributed by atoms with E-state index in [4.69, 9.17) is 0 Å². The Morgan fingerprint density at radius 3 is 2.61 bits per heavy atom. The van der Waals surface area contributed by atoms with Crippen molar-refractivity contribution in [2.75, 3.05) is 40.3 Å². The van der Waals surface area contributed by atoms with Gasteiger partial charge in [-0.05, 0) is 68.1 Å². The van der Waals surface area contributed by atoms with E-state index in [1.807, 2.05) is 48.4 Å². The minimum absolute atomic E-state index is 0.00688. The first kappa shape index (κ1) is 26.2. The first-order valence-corrected chi connectivity index (χ1v) is 12.5. The summed E-state index contributed by atoms with van der Waals surface area (Å²) in [5.41, 5.74) is 0.490. The van der Waals surface area contributed by atoms with Crippen LogP contribution in [0.5, 0.6) is 0 Å². The molecule has 194 valence electrons. The number of piperidine rings is 1. The molecular formula is C28H34F3N3O2. The molecule has 2 amide bonds. The number of aliphatic hydroxyl groups is 1. The van der Waals surface area contributed by atoms with Crippen molar-refractivity contribution in [3.8, 4) is 0 Å². The molecule has 1 N–H and O–H groups in total. The average Bonchev–Trinajstić information content (AvgIpc) is 3.26. The van der Waals surface area contributed by atoms with Crippen molar-refractivity contribution in [2.45, 2.75) is 43.4 Å². The Labute approximate surface area is 210 Å². The van der Waals surface area contributed by atoms with E-state index in [1.54, 1.807) is 11.9 Å². The smallest absolute Gasteiger partial charge is 0.321 e. The maximum atomic E-state index is 15.0. The number of rotatable bonds is 7. The Balaban J connectivity index is 1.78. The fourth-order valence-electron chi connectivity index (χ4n) is 5.50. The van der Waals surface area contributed by atoms with Crippen LogP contribution < -0.4 is 0 Å². The fourth-order valence-corrected chi connectivity index (χ4v) is 5.50. The minimum Gasteiger partial charge on any atom is -0.396 e. The molecule has 2 aromatic carbocycles. The van der Waals surface area contributed by atoms with Crippen LogP contribution in [0.2, 0.25) is 0 Å². The average molecular weight is 502 g/mol. The first-order chi connectivity index (χ1) is 17.3. The van der Waals surface area contributed by atoms with Gasteiger partial charge in [0.25, 0.3) is 0 Å². The van der Waals surface area contributed by atoms with Crippen LogP contribution in [-0.4, -0.2) is 78.4 Å². The van der Waals surface area contributed by atoms with Crippen molar-refractivity contribution in [1.82, 2.24) is 14.7 Å². The van der Waals surface area contributed by atoms with Gasteiger partial charge < -0.3 is 19.8 Å². The zero-order valence-corrected chi connectivity index (χ0v) is 20.8. The Hall–Kier alpha value is -2.84. The number of hydrogen-bond donors (Lipinski definition) is 1. The molecular weight excluding hydrogens is 467 g/mol. The molecule has 2 aliphatic rings. The molecule has 2 aliphatic heterocycles. The Kier molecular flexibility index (Phi) is 8.05. The number of benzene rings is 2. The van der Waals surface area contributed by atoms with Crippen LogP contribution in [0, 0.1) is 11.6 Å². The van der Waals surface area contributed by atoms with Crippen molar-refractivity contribution in [3.05, 3.63) is 77.4 Å². The highest BCUT2D eigenvalue weighted by Gasteiger charge is 2.47. The molecule has 2 heterocycles. The number of carbonyl (C=O) groups excluding carboxylic acids is 1. The molecule has 0 aliphatic carbocycles. The fraction of sp³-hybridized carbons (Fsp3) is 0.464. The van der Waals surface area contributed by atoms with Gasteiger partial charge in [0, 0.05) is 38.9 Å². The zero-order valence-electron chi connectivity index (χ0n) is 20.8. The summed E-state index contributed by atoms with van der Waals surface area (Å²) < 4.78 is 44.0. The topological polar surface area (TPSA) is 47.0 Å². The Morgan fingerprint density at radius 2 is 1.92 bits per heavy atom. The first-order valence-electron chi connectivity index (χ1n) is 12.5. The van der Waals surface area contributed by atoms with E-state index < -0.39 is 29.4 Å². The number of halogens is 3. The molecule has 4 rings (SSSR count). The molecule has 5 nitrogen and oxygen atoms in total. The highest BCUT2D eigenvalue weighted by atomic mass is 19.1. The van der Waals surface area contributed by atoms with Gasteiger partial charge in [-0.15, -0.1) is 0 Å². The summed E-state index contributed by atoms with van der Waals surface area (Å²) >= 11 is 0. The summed E-state index contributed by atoms with van der Waals surface area (Å²) in [6.07, 6.45) is 2.79. The summed E-state index contributed by atoms with van der Waals surface area (Å²) in [5, 5.41) is 9.43. The summed E-state index contributed by atoms with van der Waals surface area (Å²) in [4.78, 5) is 19.1. The van der Waals surface area contributed by atoms with E-state index in [2.05, 4.69) is 0 Å². The van der Waals surface area contributed by atoms with E-state index >= 15 is 4.39 Å². The lowest BCUT2D eigenvalue weighted by atomic mass is 9.83. The van der Waals surface area contributed by atoms with Gasteiger partial charge in [-0.1, -0.05) is 30.3 Å².